The van der Waals surface area contributed by atoms with Gasteiger partial charge in [-0.15, -0.1) is 5.56 Å². The summed E-state index contributed by atoms with van der Waals surface area (Å²) in [4.78, 5) is 0. The summed E-state index contributed by atoms with van der Waals surface area (Å²) in [6, 6.07) is 1.95. The first-order valence-electron chi connectivity index (χ1n) is 2.58. The quantitative estimate of drug-likeness (QED) is 0.335. The molecule has 1 aromatic rings. The fourth-order valence-corrected chi connectivity index (χ4v) is 0.722. The van der Waals surface area contributed by atoms with Gasteiger partial charge in [0, 0.05) is 5.82 Å². The Morgan fingerprint density at radius 1 is 1.17 bits per heavy atom. The summed E-state index contributed by atoms with van der Waals surface area (Å²) in [7, 11) is 0. The number of rotatable bonds is 0. The first kappa shape index (κ1) is 15.0. The minimum absolute atomic E-state index is 0. The molecule has 0 aromatic heterocycles. The Morgan fingerprint density at radius 3 is 2.00 bits per heavy atom. The summed E-state index contributed by atoms with van der Waals surface area (Å²) < 4.78 is 24.9. The summed E-state index contributed by atoms with van der Waals surface area (Å²) >= 11 is 5.31. The van der Waals surface area contributed by atoms with Gasteiger partial charge < -0.3 is 17.0 Å². The van der Waals surface area contributed by atoms with Gasteiger partial charge in [-0.1, -0.05) is 6.07 Å². The molecule has 0 atom stereocenters. The van der Waals surface area contributed by atoms with Crippen molar-refractivity contribution < 1.29 is 25.8 Å². The maximum Gasteiger partial charge on any atom is 2.00 e. The third kappa shape index (κ3) is 3.09. The molecule has 0 aliphatic rings. The SMILES string of the molecule is [Br-].[CH2-]c1c(F)ccc(F)c1Cl.[Mg+2]. The monoisotopic (exact) mass is 264 g/mol. The van der Waals surface area contributed by atoms with Crippen LogP contribution in [-0.4, -0.2) is 23.1 Å². The molecule has 0 fully saturated rings. The van der Waals surface area contributed by atoms with Gasteiger partial charge in [-0.3, -0.25) is 4.39 Å². The molecular weight excluding hydrogens is 262 g/mol. The van der Waals surface area contributed by atoms with E-state index in [2.05, 4.69) is 6.92 Å². The molecule has 0 nitrogen and oxygen atoms in total. The number of halogens is 4. The molecule has 0 unspecified atom stereocenters. The molecule has 62 valence electrons. The maximum absolute atomic E-state index is 12.4. The molecule has 0 bridgehead atoms. The zero-order valence-corrected chi connectivity index (χ0v) is 9.84. The second-order valence-electron chi connectivity index (χ2n) is 1.82. The second kappa shape index (κ2) is 6.02. The number of hydrogen-bond donors (Lipinski definition) is 0. The summed E-state index contributed by atoms with van der Waals surface area (Å²) in [5.41, 5.74) is -0.0957. The standard InChI is InChI=1S/C7H4ClF2.BrH.Mg/c1-4-5(9)2-3-6(10)7(4)8;;/h2-3H,1H2;1H;/q-1;;+2/p-1. The van der Waals surface area contributed by atoms with E-state index < -0.39 is 11.6 Å². The van der Waals surface area contributed by atoms with Crippen LogP contribution in [0.1, 0.15) is 5.56 Å². The maximum atomic E-state index is 12.4. The van der Waals surface area contributed by atoms with Gasteiger partial charge in [-0.2, -0.15) is 18.5 Å². The van der Waals surface area contributed by atoms with Crippen LogP contribution >= 0.6 is 11.6 Å². The molecule has 5 heteroatoms. The Balaban J connectivity index is 0. The molecule has 12 heavy (non-hydrogen) atoms. The second-order valence-corrected chi connectivity index (χ2v) is 2.20. The van der Waals surface area contributed by atoms with Crippen LogP contribution in [0.2, 0.25) is 5.02 Å². The average molecular weight is 266 g/mol. The van der Waals surface area contributed by atoms with Crippen molar-refractivity contribution >= 4 is 34.7 Å². The van der Waals surface area contributed by atoms with Crippen LogP contribution in [0, 0.1) is 18.6 Å². The third-order valence-electron chi connectivity index (χ3n) is 1.14. The predicted octanol–water partition coefficient (Wildman–Crippen LogP) is -0.576. The van der Waals surface area contributed by atoms with Gasteiger partial charge in [0.05, 0.1) is 5.82 Å². The molecule has 0 amide bonds. The summed E-state index contributed by atoms with van der Waals surface area (Å²) in [6.45, 7) is 3.23. The van der Waals surface area contributed by atoms with Crippen molar-refractivity contribution in [2.75, 3.05) is 0 Å². The van der Waals surface area contributed by atoms with Gasteiger partial charge in [-0.05, 0) is 11.1 Å². The minimum Gasteiger partial charge on any atom is -1.00 e. The van der Waals surface area contributed by atoms with E-state index in [1.165, 1.54) is 0 Å². The normalized spacial score (nSPS) is 8.25. The van der Waals surface area contributed by atoms with Crippen molar-refractivity contribution in [1.29, 1.82) is 0 Å². The van der Waals surface area contributed by atoms with Gasteiger partial charge in [0.15, 0.2) is 0 Å². The summed E-state index contributed by atoms with van der Waals surface area (Å²) in [6.07, 6.45) is 0. The Bertz CT molecular complexity index is 241. The number of benzene rings is 1. The van der Waals surface area contributed by atoms with Crippen molar-refractivity contribution in [3.63, 3.8) is 0 Å². The Labute approximate surface area is 101 Å². The number of hydrogen-bond acceptors (Lipinski definition) is 0. The Hall–Kier alpha value is 0.486. The van der Waals surface area contributed by atoms with E-state index in [1.54, 1.807) is 0 Å². The van der Waals surface area contributed by atoms with E-state index in [-0.39, 0.29) is 50.6 Å². The molecule has 0 saturated heterocycles. The van der Waals surface area contributed by atoms with Gasteiger partial charge in [0.25, 0.3) is 0 Å². The Kier molecular flexibility index (Phi) is 7.51. The fourth-order valence-electron chi connectivity index (χ4n) is 0.569. The molecule has 0 radical (unpaired) electrons. The molecule has 1 aromatic carbocycles. The van der Waals surface area contributed by atoms with Crippen molar-refractivity contribution in [3.8, 4) is 0 Å². The van der Waals surface area contributed by atoms with Gasteiger partial charge >= 0.3 is 23.1 Å². The van der Waals surface area contributed by atoms with E-state index >= 15 is 0 Å². The van der Waals surface area contributed by atoms with Crippen LogP contribution in [0.4, 0.5) is 8.78 Å². The zero-order valence-electron chi connectivity index (χ0n) is 6.08. The van der Waals surface area contributed by atoms with E-state index in [0.717, 1.165) is 12.1 Å². The van der Waals surface area contributed by atoms with Crippen molar-refractivity contribution in [2.24, 2.45) is 0 Å². The van der Waals surface area contributed by atoms with Crippen LogP contribution in [0.15, 0.2) is 12.1 Å². The fraction of sp³-hybridized carbons (Fsp3) is 0. The van der Waals surface area contributed by atoms with Crippen molar-refractivity contribution in [3.05, 3.63) is 41.3 Å². The minimum atomic E-state index is -0.645. The molecule has 1 rings (SSSR count). The molecule has 0 heterocycles. The van der Waals surface area contributed by atoms with Crippen molar-refractivity contribution in [2.45, 2.75) is 0 Å². The molecule has 0 aliphatic carbocycles. The first-order valence-corrected chi connectivity index (χ1v) is 2.96. The summed E-state index contributed by atoms with van der Waals surface area (Å²) in [5, 5.41) is -0.250. The molecule has 0 N–H and O–H groups in total. The van der Waals surface area contributed by atoms with E-state index in [1.807, 2.05) is 0 Å². The van der Waals surface area contributed by atoms with Crippen LogP contribution < -0.4 is 17.0 Å². The van der Waals surface area contributed by atoms with Crippen LogP contribution in [-0.2, 0) is 0 Å². The topological polar surface area (TPSA) is 0 Å². The van der Waals surface area contributed by atoms with Crippen LogP contribution in [0.25, 0.3) is 0 Å². The van der Waals surface area contributed by atoms with Crippen molar-refractivity contribution in [1.82, 2.24) is 0 Å². The van der Waals surface area contributed by atoms with Crippen LogP contribution in [0.5, 0.6) is 0 Å². The smallest absolute Gasteiger partial charge is 1.00 e. The summed E-state index contributed by atoms with van der Waals surface area (Å²) in [5.74, 6) is -1.24. The van der Waals surface area contributed by atoms with E-state index in [0.29, 0.717) is 0 Å². The Morgan fingerprint density at radius 2 is 1.58 bits per heavy atom. The van der Waals surface area contributed by atoms with E-state index in [4.69, 9.17) is 11.6 Å². The molecular formula is C7H4BrClF2Mg. The molecule has 0 aliphatic heterocycles. The predicted molar refractivity (Wildman–Crippen MR) is 41.6 cm³/mol. The average Bonchev–Trinajstić information content (AvgIpc) is 1.93. The van der Waals surface area contributed by atoms with Gasteiger partial charge in [0.2, 0.25) is 0 Å². The van der Waals surface area contributed by atoms with E-state index in [9.17, 15) is 8.78 Å². The molecule has 0 saturated carbocycles. The third-order valence-corrected chi connectivity index (χ3v) is 1.55. The largest absolute Gasteiger partial charge is 2.00 e. The van der Waals surface area contributed by atoms with Gasteiger partial charge in [0.1, 0.15) is 0 Å². The first-order chi connectivity index (χ1) is 4.63. The van der Waals surface area contributed by atoms with Crippen LogP contribution in [0.3, 0.4) is 0 Å². The molecule has 0 spiro atoms. The van der Waals surface area contributed by atoms with Gasteiger partial charge in [-0.25, -0.2) is 4.39 Å². The zero-order chi connectivity index (χ0) is 7.72.